The van der Waals surface area contributed by atoms with Crippen molar-refractivity contribution in [3.63, 3.8) is 0 Å². The van der Waals surface area contributed by atoms with Crippen molar-refractivity contribution in [3.8, 4) is 6.07 Å². The molecule has 0 saturated heterocycles. The van der Waals surface area contributed by atoms with E-state index in [2.05, 4.69) is 32.0 Å². The molecule has 0 amide bonds. The molecule has 0 unspecified atom stereocenters. The van der Waals surface area contributed by atoms with Gasteiger partial charge in [0.25, 0.3) is 0 Å². The number of hydrogen-bond donors (Lipinski definition) is 2. The highest BCUT2D eigenvalue weighted by molar-refractivity contribution is 7.89. The largest absolute Gasteiger partial charge is 0.373 e. The van der Waals surface area contributed by atoms with Crippen LogP contribution in [0.3, 0.4) is 0 Å². The molecule has 10 nitrogen and oxygen atoms in total. The molecule has 0 saturated carbocycles. The molecule has 14 heteroatoms. The van der Waals surface area contributed by atoms with E-state index in [1.54, 1.807) is 41.2 Å². The molecule has 5 rings (SSSR count). The molecule has 2 aromatic heterocycles. The van der Waals surface area contributed by atoms with Gasteiger partial charge in [-0.05, 0) is 61.9 Å². The quantitative estimate of drug-likeness (QED) is 0.176. The summed E-state index contributed by atoms with van der Waals surface area (Å²) in [5.74, 6) is -0.574. The molecule has 1 atom stereocenters. The summed E-state index contributed by atoms with van der Waals surface area (Å²) in [6.07, 6.45) is 3.19. The summed E-state index contributed by atoms with van der Waals surface area (Å²) < 4.78 is 42.6. The lowest BCUT2D eigenvalue weighted by atomic mass is 10.0. The normalized spacial score (nSPS) is 12.5. The second-order valence-corrected chi connectivity index (χ2v) is 13.4. The Labute approximate surface area is 264 Å². The van der Waals surface area contributed by atoms with Gasteiger partial charge in [-0.15, -0.1) is 5.10 Å². The first-order valence-electron chi connectivity index (χ1n) is 13.3. The van der Waals surface area contributed by atoms with Crippen molar-refractivity contribution in [2.45, 2.75) is 30.8 Å². The van der Waals surface area contributed by atoms with Crippen molar-refractivity contribution in [1.29, 1.82) is 5.26 Å². The number of nitrogens with zero attached hydrogens (tertiary/aromatic N) is 6. The molecule has 0 radical (unpaired) electrons. The summed E-state index contributed by atoms with van der Waals surface area (Å²) in [6, 6.07) is 15.7. The Morgan fingerprint density at radius 3 is 2.45 bits per heavy atom. The number of aromatic nitrogens is 4. The van der Waals surface area contributed by atoms with Gasteiger partial charge in [0.2, 0.25) is 10.0 Å². The summed E-state index contributed by atoms with van der Waals surface area (Å²) in [4.78, 5) is 4.51. The van der Waals surface area contributed by atoms with Crippen molar-refractivity contribution in [2.75, 3.05) is 24.7 Å². The molecule has 0 fully saturated rings. The Balaban J connectivity index is 1.64. The van der Waals surface area contributed by atoms with E-state index in [-0.39, 0.29) is 21.5 Å². The monoisotopic (exact) mass is 652 g/mol. The Morgan fingerprint density at radius 2 is 1.80 bits per heavy atom. The highest BCUT2D eigenvalue weighted by Gasteiger charge is 2.24. The van der Waals surface area contributed by atoms with Gasteiger partial charge in [-0.3, -0.25) is 4.98 Å². The maximum Gasteiger partial charge on any atom is 0.242 e. The Hall–Kier alpha value is -4.28. The number of nitrogens with one attached hydrogen (secondary N) is 2. The summed E-state index contributed by atoms with van der Waals surface area (Å²) in [5, 5.41) is 25.8. The van der Waals surface area contributed by atoms with Crippen LogP contribution < -0.4 is 10.6 Å². The first kappa shape index (κ1) is 31.2. The van der Waals surface area contributed by atoms with Crippen molar-refractivity contribution in [2.24, 2.45) is 0 Å². The Bertz CT molecular complexity index is 2030. The zero-order chi connectivity index (χ0) is 31.8. The average molecular weight is 654 g/mol. The third-order valence-electron chi connectivity index (χ3n) is 6.87. The predicted molar refractivity (Wildman–Crippen MR) is 169 cm³/mol. The molecule has 44 heavy (non-hydrogen) atoms. The van der Waals surface area contributed by atoms with Gasteiger partial charge in [0.15, 0.2) is 0 Å². The number of halogens is 3. The molecule has 2 N–H and O–H groups in total. The van der Waals surface area contributed by atoms with Crippen LogP contribution in [0.15, 0.2) is 71.9 Å². The van der Waals surface area contributed by atoms with Crippen LogP contribution in [0.5, 0.6) is 0 Å². The molecular weight excluding hydrogens is 626 g/mol. The summed E-state index contributed by atoms with van der Waals surface area (Å²) in [5.41, 5.74) is 3.19. The molecule has 0 aliphatic carbocycles. The van der Waals surface area contributed by atoms with E-state index in [1.807, 2.05) is 13.8 Å². The van der Waals surface area contributed by atoms with Crippen LogP contribution in [-0.2, 0) is 10.0 Å². The van der Waals surface area contributed by atoms with E-state index >= 15 is 0 Å². The van der Waals surface area contributed by atoms with Crippen molar-refractivity contribution in [3.05, 3.63) is 99.7 Å². The average Bonchev–Trinajstić information content (AvgIpc) is 3.49. The van der Waals surface area contributed by atoms with Crippen molar-refractivity contribution >= 4 is 61.2 Å². The number of hydrogen-bond acceptors (Lipinski definition) is 8. The van der Waals surface area contributed by atoms with E-state index in [9.17, 15) is 18.1 Å². The minimum Gasteiger partial charge on any atom is -0.373 e. The van der Waals surface area contributed by atoms with Gasteiger partial charge in [-0.25, -0.2) is 21.8 Å². The number of anilines is 3. The maximum atomic E-state index is 13.8. The molecule has 5 aromatic rings. The number of fused-ring (bicyclic) bond motifs is 1. The zero-order valence-electron chi connectivity index (χ0n) is 24.0. The number of benzene rings is 3. The Kier molecular flexibility index (Phi) is 8.76. The van der Waals surface area contributed by atoms with Crippen LogP contribution in [-0.4, -0.2) is 46.8 Å². The van der Waals surface area contributed by atoms with Gasteiger partial charge in [0.05, 0.1) is 43.9 Å². The standard InChI is InChI=1S/C30H27Cl2FN8O2S/c1-17(2)41-16-27(38-39-41)29(18-6-5-7-22(10-18)44(42,43)40(3)4)37-21-11-23-28(36-20-8-9-26(33)24(31)12-20)19(14-34)15-35-30(23)25(32)13-21/h5-13,15-17,29,37H,1-4H3,(H,35,36)/t29-/m0/s1. The molecule has 3 aromatic carbocycles. The van der Waals surface area contributed by atoms with Crippen LogP contribution in [0, 0.1) is 17.1 Å². The Morgan fingerprint density at radius 1 is 1.05 bits per heavy atom. The van der Waals surface area contributed by atoms with Crippen LogP contribution in [0.1, 0.15) is 42.8 Å². The maximum absolute atomic E-state index is 13.8. The van der Waals surface area contributed by atoms with Gasteiger partial charge in [-0.1, -0.05) is 40.5 Å². The summed E-state index contributed by atoms with van der Waals surface area (Å²) in [6.45, 7) is 3.94. The summed E-state index contributed by atoms with van der Waals surface area (Å²) in [7, 11) is -0.777. The zero-order valence-corrected chi connectivity index (χ0v) is 26.4. The topological polar surface area (TPSA) is 129 Å². The number of rotatable bonds is 9. The fraction of sp³-hybridized carbons (Fsp3) is 0.200. The lowest BCUT2D eigenvalue weighted by Crippen LogP contribution is -2.22. The van der Waals surface area contributed by atoms with E-state index in [0.29, 0.717) is 44.2 Å². The number of sulfonamides is 1. The first-order valence-corrected chi connectivity index (χ1v) is 15.5. The SMILES string of the molecule is CC(C)n1cc([C@@H](Nc2cc(Cl)c3ncc(C#N)c(Nc4ccc(F)c(Cl)c4)c3c2)c2cccc(S(=O)(=O)N(C)C)c2)nn1. The molecule has 0 bridgehead atoms. The van der Waals surface area contributed by atoms with Gasteiger partial charge in [0.1, 0.15) is 17.6 Å². The van der Waals surface area contributed by atoms with Crippen LogP contribution in [0.2, 0.25) is 10.0 Å². The van der Waals surface area contributed by atoms with Crippen LogP contribution >= 0.6 is 23.2 Å². The lowest BCUT2D eigenvalue weighted by Gasteiger charge is -2.21. The van der Waals surface area contributed by atoms with E-state index in [4.69, 9.17) is 23.2 Å². The molecular formula is C30H27Cl2FN8O2S. The van der Waals surface area contributed by atoms with Crippen LogP contribution in [0.4, 0.5) is 21.5 Å². The third-order valence-corrected chi connectivity index (χ3v) is 9.26. The highest BCUT2D eigenvalue weighted by Crippen LogP contribution is 2.37. The fourth-order valence-electron chi connectivity index (χ4n) is 4.52. The van der Waals surface area contributed by atoms with Gasteiger partial charge >= 0.3 is 0 Å². The third kappa shape index (κ3) is 6.18. The smallest absolute Gasteiger partial charge is 0.242 e. The van der Waals surface area contributed by atoms with Gasteiger partial charge in [0, 0.05) is 43.1 Å². The molecule has 2 heterocycles. The number of nitriles is 1. The molecule has 0 aliphatic heterocycles. The number of pyridine rings is 1. The predicted octanol–water partition coefficient (Wildman–Crippen LogP) is 6.92. The molecule has 226 valence electrons. The fourth-order valence-corrected chi connectivity index (χ4v) is 5.92. The van der Waals surface area contributed by atoms with Crippen molar-refractivity contribution < 1.29 is 12.8 Å². The second-order valence-electron chi connectivity index (χ2n) is 10.4. The first-order chi connectivity index (χ1) is 20.9. The second kappa shape index (κ2) is 12.4. The minimum absolute atomic E-state index is 0.0385. The lowest BCUT2D eigenvalue weighted by molar-refractivity contribution is 0.514. The molecule has 0 spiro atoms. The van der Waals surface area contributed by atoms with Gasteiger partial charge in [-0.2, -0.15) is 5.26 Å². The summed E-state index contributed by atoms with van der Waals surface area (Å²) >= 11 is 12.7. The van der Waals surface area contributed by atoms with E-state index < -0.39 is 21.9 Å². The highest BCUT2D eigenvalue weighted by atomic mass is 35.5. The van der Waals surface area contributed by atoms with Crippen molar-refractivity contribution in [1.82, 2.24) is 24.3 Å². The molecule has 0 aliphatic rings. The minimum atomic E-state index is -3.72. The van der Waals surface area contributed by atoms with Crippen LogP contribution in [0.25, 0.3) is 10.9 Å². The van der Waals surface area contributed by atoms with E-state index in [1.165, 1.54) is 44.6 Å². The van der Waals surface area contributed by atoms with E-state index in [0.717, 1.165) is 4.31 Å². The van der Waals surface area contributed by atoms with Gasteiger partial charge < -0.3 is 10.6 Å².